The van der Waals surface area contributed by atoms with Gasteiger partial charge in [0.25, 0.3) is 11.7 Å². The van der Waals surface area contributed by atoms with Crippen molar-refractivity contribution < 1.29 is 24.2 Å². The summed E-state index contributed by atoms with van der Waals surface area (Å²) in [5.74, 6) is -0.0798. The summed E-state index contributed by atoms with van der Waals surface area (Å²) in [4.78, 5) is 30.2. The van der Waals surface area contributed by atoms with Crippen molar-refractivity contribution in [3.63, 3.8) is 0 Å². The number of aliphatic hydroxyl groups excluding tert-OH is 1. The van der Waals surface area contributed by atoms with Crippen LogP contribution in [0.1, 0.15) is 50.8 Å². The molecular formula is C28H36N2O5. The number of hydrogen-bond donors (Lipinski definition) is 1. The first kappa shape index (κ1) is 26.3. The van der Waals surface area contributed by atoms with Gasteiger partial charge in [-0.2, -0.15) is 0 Å². The number of aliphatic hydroxyl groups is 1. The number of carbonyl (C=O) groups excluding carboxylic acids is 2. The summed E-state index contributed by atoms with van der Waals surface area (Å²) in [6.45, 7) is 9.95. The van der Waals surface area contributed by atoms with E-state index in [9.17, 15) is 14.7 Å². The van der Waals surface area contributed by atoms with Crippen LogP contribution in [0.3, 0.4) is 0 Å². The summed E-state index contributed by atoms with van der Waals surface area (Å²) in [6.07, 6.45) is 1.63. The second kappa shape index (κ2) is 12.4. The number of ketones is 1. The van der Waals surface area contributed by atoms with Crippen LogP contribution in [0.5, 0.6) is 11.5 Å². The second-order valence-electron chi connectivity index (χ2n) is 8.52. The molecule has 0 aromatic heterocycles. The average Bonchev–Trinajstić information content (AvgIpc) is 3.14. The lowest BCUT2D eigenvalue weighted by Gasteiger charge is -2.27. The zero-order chi connectivity index (χ0) is 25.4. The number of likely N-dealkylation sites (tertiary alicyclic amines) is 1. The maximum Gasteiger partial charge on any atom is 0.295 e. The minimum atomic E-state index is -0.672. The lowest BCUT2D eigenvalue weighted by atomic mass is 9.95. The van der Waals surface area contributed by atoms with E-state index < -0.39 is 17.7 Å². The molecule has 1 fully saturated rings. The summed E-state index contributed by atoms with van der Waals surface area (Å²) < 4.78 is 10.9. The van der Waals surface area contributed by atoms with Crippen LogP contribution < -0.4 is 9.47 Å². The first-order valence-corrected chi connectivity index (χ1v) is 12.3. The third-order valence-corrected chi connectivity index (χ3v) is 6.34. The summed E-state index contributed by atoms with van der Waals surface area (Å²) in [5, 5.41) is 11.2. The van der Waals surface area contributed by atoms with Gasteiger partial charge in [-0.1, -0.05) is 32.9 Å². The first-order chi connectivity index (χ1) is 16.9. The average molecular weight is 481 g/mol. The number of rotatable bonds is 12. The Morgan fingerprint density at radius 1 is 0.971 bits per heavy atom. The molecule has 0 unspecified atom stereocenters. The minimum absolute atomic E-state index is 0.102. The molecule has 1 heterocycles. The number of hydrogen-bond acceptors (Lipinski definition) is 6. The third-order valence-electron chi connectivity index (χ3n) is 6.34. The normalized spacial score (nSPS) is 17.3. The molecule has 2 aromatic rings. The first-order valence-electron chi connectivity index (χ1n) is 12.3. The zero-order valence-corrected chi connectivity index (χ0v) is 21.1. The van der Waals surface area contributed by atoms with Crippen molar-refractivity contribution in [2.45, 2.75) is 39.7 Å². The molecule has 7 nitrogen and oxygen atoms in total. The highest BCUT2D eigenvalue weighted by Gasteiger charge is 2.45. The molecule has 7 heteroatoms. The number of methoxy groups -OCH3 is 1. The van der Waals surface area contributed by atoms with Gasteiger partial charge in [-0.15, -0.1) is 0 Å². The molecule has 0 spiro atoms. The predicted octanol–water partition coefficient (Wildman–Crippen LogP) is 4.64. The van der Waals surface area contributed by atoms with Crippen LogP contribution in [0.25, 0.3) is 5.76 Å². The summed E-state index contributed by atoms with van der Waals surface area (Å²) in [6, 6.07) is 13.5. The van der Waals surface area contributed by atoms with Crippen molar-refractivity contribution in [2.75, 3.05) is 39.9 Å². The summed E-state index contributed by atoms with van der Waals surface area (Å²) in [7, 11) is 1.56. The van der Waals surface area contributed by atoms with E-state index in [1.54, 1.807) is 36.3 Å². The molecular weight excluding hydrogens is 444 g/mol. The van der Waals surface area contributed by atoms with Gasteiger partial charge in [0.1, 0.15) is 17.3 Å². The van der Waals surface area contributed by atoms with Crippen molar-refractivity contribution in [1.82, 2.24) is 9.80 Å². The Kier molecular flexibility index (Phi) is 9.32. The van der Waals surface area contributed by atoms with Gasteiger partial charge in [-0.25, -0.2) is 0 Å². The second-order valence-corrected chi connectivity index (χ2v) is 8.52. The number of nitrogens with zero attached hydrogens (tertiary/aromatic N) is 2. The molecule has 1 atom stereocenters. The van der Waals surface area contributed by atoms with Crippen molar-refractivity contribution in [1.29, 1.82) is 0 Å². The fourth-order valence-electron chi connectivity index (χ4n) is 4.33. The van der Waals surface area contributed by atoms with Gasteiger partial charge in [-0.3, -0.25) is 9.59 Å². The van der Waals surface area contributed by atoms with Crippen LogP contribution in [-0.4, -0.2) is 66.5 Å². The molecule has 1 amide bonds. The van der Waals surface area contributed by atoms with Crippen molar-refractivity contribution in [3.05, 3.63) is 65.2 Å². The Morgan fingerprint density at radius 3 is 2.17 bits per heavy atom. The highest BCUT2D eigenvalue weighted by Crippen LogP contribution is 2.40. The number of Topliss-reactive ketones (excluding diaryl/α,β-unsaturated/α-hetero) is 1. The molecule has 1 N–H and O–H groups in total. The third kappa shape index (κ3) is 6.03. The van der Waals surface area contributed by atoms with Gasteiger partial charge in [0.2, 0.25) is 0 Å². The quantitative estimate of drug-likeness (QED) is 0.271. The van der Waals surface area contributed by atoms with Crippen LogP contribution >= 0.6 is 0 Å². The lowest BCUT2D eigenvalue weighted by molar-refractivity contribution is -0.140. The van der Waals surface area contributed by atoms with Gasteiger partial charge in [-0.05, 0) is 74.4 Å². The maximum absolute atomic E-state index is 13.2. The Labute approximate surface area is 207 Å². The van der Waals surface area contributed by atoms with E-state index in [1.165, 1.54) is 0 Å². The standard InChI is InChI=1S/C28H36N2O5/c1-5-19-35-23-15-9-20(10-16-23)25-24(26(31)21-11-13-22(34-4)14-12-21)27(32)28(33)30(25)18-8-17-29(6-2)7-3/h9-16,25,31H,5-8,17-19H2,1-4H3/b26-24+/t25-/m0/s1. The van der Waals surface area contributed by atoms with Crippen LogP contribution in [0.4, 0.5) is 0 Å². The van der Waals surface area contributed by atoms with Crippen molar-refractivity contribution in [2.24, 2.45) is 0 Å². The van der Waals surface area contributed by atoms with Crippen molar-refractivity contribution >= 4 is 17.4 Å². The highest BCUT2D eigenvalue weighted by molar-refractivity contribution is 6.46. The van der Waals surface area contributed by atoms with E-state index in [1.807, 2.05) is 31.2 Å². The smallest absolute Gasteiger partial charge is 0.295 e. The molecule has 0 saturated carbocycles. The molecule has 2 aromatic carbocycles. The topological polar surface area (TPSA) is 79.3 Å². The largest absolute Gasteiger partial charge is 0.507 e. The molecule has 3 rings (SSSR count). The fourth-order valence-corrected chi connectivity index (χ4v) is 4.33. The van der Waals surface area contributed by atoms with Gasteiger partial charge in [0, 0.05) is 12.1 Å². The Balaban J connectivity index is 1.99. The molecule has 1 aliphatic heterocycles. The van der Waals surface area contributed by atoms with E-state index in [-0.39, 0.29) is 11.3 Å². The summed E-state index contributed by atoms with van der Waals surface area (Å²) in [5.41, 5.74) is 1.32. The van der Waals surface area contributed by atoms with E-state index in [0.29, 0.717) is 24.5 Å². The Morgan fingerprint density at radius 2 is 1.60 bits per heavy atom. The van der Waals surface area contributed by atoms with Crippen LogP contribution in [0, 0.1) is 0 Å². The minimum Gasteiger partial charge on any atom is -0.507 e. The number of amides is 1. The molecule has 35 heavy (non-hydrogen) atoms. The lowest BCUT2D eigenvalue weighted by Crippen LogP contribution is -2.33. The Bertz CT molecular complexity index is 1030. The number of ether oxygens (including phenoxy) is 2. The SMILES string of the molecule is CCCOc1ccc([C@H]2/C(=C(\O)c3ccc(OC)cc3)C(=O)C(=O)N2CCCN(CC)CC)cc1. The molecule has 188 valence electrons. The van der Waals surface area contributed by atoms with Gasteiger partial charge in [0.15, 0.2) is 0 Å². The number of carbonyl (C=O) groups is 2. The van der Waals surface area contributed by atoms with Crippen LogP contribution in [0.15, 0.2) is 54.1 Å². The van der Waals surface area contributed by atoms with Gasteiger partial charge < -0.3 is 24.4 Å². The van der Waals surface area contributed by atoms with E-state index >= 15 is 0 Å². The molecule has 0 bridgehead atoms. The van der Waals surface area contributed by atoms with Crippen LogP contribution in [-0.2, 0) is 9.59 Å². The molecule has 0 radical (unpaired) electrons. The molecule has 1 saturated heterocycles. The molecule has 0 aliphatic carbocycles. The predicted molar refractivity (Wildman–Crippen MR) is 137 cm³/mol. The van der Waals surface area contributed by atoms with Gasteiger partial charge >= 0.3 is 0 Å². The van der Waals surface area contributed by atoms with E-state index in [4.69, 9.17) is 9.47 Å². The monoisotopic (exact) mass is 480 g/mol. The fraction of sp³-hybridized carbons (Fsp3) is 0.429. The summed E-state index contributed by atoms with van der Waals surface area (Å²) >= 11 is 0. The number of benzene rings is 2. The molecule has 1 aliphatic rings. The van der Waals surface area contributed by atoms with E-state index in [2.05, 4.69) is 18.7 Å². The zero-order valence-electron chi connectivity index (χ0n) is 21.1. The maximum atomic E-state index is 13.2. The van der Waals surface area contributed by atoms with Crippen molar-refractivity contribution in [3.8, 4) is 11.5 Å². The van der Waals surface area contributed by atoms with Gasteiger partial charge in [0.05, 0.1) is 25.3 Å². The van der Waals surface area contributed by atoms with E-state index in [0.717, 1.165) is 43.8 Å². The highest BCUT2D eigenvalue weighted by atomic mass is 16.5. The Hall–Kier alpha value is -3.32. The van der Waals surface area contributed by atoms with Crippen LogP contribution in [0.2, 0.25) is 0 Å².